The van der Waals surface area contributed by atoms with Crippen LogP contribution in [0.3, 0.4) is 0 Å². The quantitative estimate of drug-likeness (QED) is 0.756. The first-order valence-electron chi connectivity index (χ1n) is 4.11. The smallest absolute Gasteiger partial charge is 0.119 e. The van der Waals surface area contributed by atoms with Gasteiger partial charge in [-0.1, -0.05) is 18.2 Å². The van der Waals surface area contributed by atoms with E-state index in [0.717, 1.165) is 12.4 Å². The number of para-hydroxylation sites is 1. The molecule has 0 N–H and O–H groups in total. The average Bonchev–Trinajstić information content (AvgIpc) is 2.05. The summed E-state index contributed by atoms with van der Waals surface area (Å²) in [7, 11) is 0.178. The summed E-state index contributed by atoms with van der Waals surface area (Å²) in [6.45, 7) is 5.39. The lowest BCUT2D eigenvalue weighted by molar-refractivity contribution is 0.343. The van der Waals surface area contributed by atoms with Crippen molar-refractivity contribution in [3.05, 3.63) is 30.3 Å². The Morgan fingerprint density at radius 2 is 1.77 bits per heavy atom. The molecular formula is C10H16BrOP. The second-order valence-corrected chi connectivity index (χ2v) is 5.57. The van der Waals surface area contributed by atoms with Crippen LogP contribution in [-0.2, 0) is 0 Å². The topological polar surface area (TPSA) is 9.23 Å². The second-order valence-electron chi connectivity index (χ2n) is 2.96. The van der Waals surface area contributed by atoms with Crippen LogP contribution >= 0.6 is 24.9 Å². The number of rotatable bonds is 4. The average molecular weight is 263 g/mol. The highest BCUT2D eigenvalue weighted by molar-refractivity contribution is 8.93. The molecule has 0 saturated carbocycles. The predicted octanol–water partition coefficient (Wildman–Crippen LogP) is 3.38. The minimum atomic E-state index is 0. The largest absolute Gasteiger partial charge is 0.493 e. The molecule has 0 atom stereocenters. The molecule has 1 aromatic carbocycles. The fourth-order valence-corrected chi connectivity index (χ4v) is 1.32. The van der Waals surface area contributed by atoms with Crippen molar-refractivity contribution in [1.29, 1.82) is 0 Å². The highest BCUT2D eigenvalue weighted by atomic mass is 79.9. The third kappa shape index (κ3) is 6.06. The molecule has 0 saturated heterocycles. The Kier molecular flexibility index (Phi) is 7.31. The lowest BCUT2D eigenvalue weighted by atomic mass is 10.3. The molecule has 1 rings (SSSR count). The number of halogens is 1. The van der Waals surface area contributed by atoms with Gasteiger partial charge in [-0.15, -0.1) is 24.9 Å². The molecule has 0 fully saturated rings. The van der Waals surface area contributed by atoms with Gasteiger partial charge in [-0.05, 0) is 25.5 Å². The van der Waals surface area contributed by atoms with Gasteiger partial charge in [-0.2, -0.15) is 0 Å². The summed E-state index contributed by atoms with van der Waals surface area (Å²) < 4.78 is 5.53. The van der Waals surface area contributed by atoms with E-state index in [0.29, 0.717) is 0 Å². The standard InChI is InChI=1S/C10H15OP.BrH/c1-12(2)9-8-11-10-6-4-3-5-7-10;/h3-7H,8-9H2,1-2H3;1H. The third-order valence-electron chi connectivity index (χ3n) is 1.55. The van der Waals surface area contributed by atoms with E-state index in [-0.39, 0.29) is 24.9 Å². The summed E-state index contributed by atoms with van der Waals surface area (Å²) in [4.78, 5) is 0. The van der Waals surface area contributed by atoms with Gasteiger partial charge in [0.25, 0.3) is 0 Å². The maximum Gasteiger partial charge on any atom is 0.119 e. The van der Waals surface area contributed by atoms with Gasteiger partial charge in [-0.3, -0.25) is 0 Å². The fourth-order valence-electron chi connectivity index (χ4n) is 0.863. The summed E-state index contributed by atoms with van der Waals surface area (Å²) >= 11 is 0. The lowest BCUT2D eigenvalue weighted by Crippen LogP contribution is -2.00. The molecule has 74 valence electrons. The van der Waals surface area contributed by atoms with Gasteiger partial charge in [0.05, 0.1) is 6.61 Å². The summed E-state index contributed by atoms with van der Waals surface area (Å²) in [5, 5.41) is 0. The van der Waals surface area contributed by atoms with Crippen LogP contribution < -0.4 is 4.74 Å². The predicted molar refractivity (Wildman–Crippen MR) is 65.9 cm³/mol. The van der Waals surface area contributed by atoms with Crippen LogP contribution in [0.4, 0.5) is 0 Å². The van der Waals surface area contributed by atoms with E-state index in [1.165, 1.54) is 6.16 Å². The first-order valence-corrected chi connectivity index (χ1v) is 6.54. The molecule has 3 heteroatoms. The van der Waals surface area contributed by atoms with E-state index in [2.05, 4.69) is 13.3 Å². The Morgan fingerprint density at radius 1 is 1.15 bits per heavy atom. The molecule has 0 unspecified atom stereocenters. The molecule has 0 amide bonds. The van der Waals surface area contributed by atoms with Crippen molar-refractivity contribution in [3.63, 3.8) is 0 Å². The van der Waals surface area contributed by atoms with Crippen LogP contribution in [0, 0.1) is 0 Å². The van der Waals surface area contributed by atoms with E-state index in [4.69, 9.17) is 4.74 Å². The SMILES string of the molecule is Br.CP(C)CCOc1ccccc1. The van der Waals surface area contributed by atoms with Crippen LogP contribution in [0.25, 0.3) is 0 Å². The maximum atomic E-state index is 5.53. The van der Waals surface area contributed by atoms with Gasteiger partial charge in [0, 0.05) is 6.16 Å². The van der Waals surface area contributed by atoms with Crippen molar-refractivity contribution in [1.82, 2.24) is 0 Å². The van der Waals surface area contributed by atoms with E-state index in [9.17, 15) is 0 Å². The van der Waals surface area contributed by atoms with E-state index >= 15 is 0 Å². The number of ether oxygens (including phenoxy) is 1. The molecule has 1 aromatic rings. The highest BCUT2D eigenvalue weighted by Gasteiger charge is 1.93. The Labute approximate surface area is 92.0 Å². The summed E-state index contributed by atoms with van der Waals surface area (Å²) in [6, 6.07) is 9.98. The van der Waals surface area contributed by atoms with Crippen molar-refractivity contribution < 1.29 is 4.74 Å². The number of hydrogen-bond donors (Lipinski definition) is 0. The molecule has 0 aliphatic carbocycles. The first kappa shape index (κ1) is 12.9. The Balaban J connectivity index is 0.00000144. The highest BCUT2D eigenvalue weighted by Crippen LogP contribution is 2.23. The molecule has 0 spiro atoms. The third-order valence-corrected chi connectivity index (χ3v) is 2.63. The molecule has 13 heavy (non-hydrogen) atoms. The number of hydrogen-bond acceptors (Lipinski definition) is 1. The zero-order chi connectivity index (χ0) is 8.81. The van der Waals surface area contributed by atoms with Crippen molar-refractivity contribution in [2.75, 3.05) is 26.1 Å². The molecule has 1 nitrogen and oxygen atoms in total. The molecule has 0 aliphatic rings. The zero-order valence-corrected chi connectivity index (χ0v) is 10.7. The lowest BCUT2D eigenvalue weighted by Gasteiger charge is -2.07. The van der Waals surface area contributed by atoms with Crippen LogP contribution in [0.5, 0.6) is 5.75 Å². The Morgan fingerprint density at radius 3 is 2.31 bits per heavy atom. The van der Waals surface area contributed by atoms with Gasteiger partial charge < -0.3 is 4.74 Å². The van der Waals surface area contributed by atoms with E-state index < -0.39 is 0 Å². The van der Waals surface area contributed by atoms with Crippen molar-refractivity contribution in [3.8, 4) is 5.75 Å². The van der Waals surface area contributed by atoms with Gasteiger partial charge in [-0.25, -0.2) is 0 Å². The number of benzene rings is 1. The normalized spacial score (nSPS) is 9.46. The van der Waals surface area contributed by atoms with Crippen LogP contribution in [0.1, 0.15) is 0 Å². The minimum Gasteiger partial charge on any atom is -0.493 e. The molecule has 0 radical (unpaired) electrons. The van der Waals surface area contributed by atoms with Crippen LogP contribution in [-0.4, -0.2) is 26.1 Å². The zero-order valence-electron chi connectivity index (χ0n) is 8.06. The summed E-state index contributed by atoms with van der Waals surface area (Å²) in [5.74, 6) is 0.981. The first-order chi connectivity index (χ1) is 5.79. The summed E-state index contributed by atoms with van der Waals surface area (Å²) in [5.41, 5.74) is 0. The Hall–Kier alpha value is -0.0700. The molecule has 0 aliphatic heterocycles. The molecule has 0 bridgehead atoms. The maximum absolute atomic E-state index is 5.53. The Bertz CT molecular complexity index is 213. The van der Waals surface area contributed by atoms with E-state index in [1.807, 2.05) is 30.3 Å². The molecular weight excluding hydrogens is 247 g/mol. The van der Waals surface area contributed by atoms with Crippen molar-refractivity contribution in [2.24, 2.45) is 0 Å². The fraction of sp³-hybridized carbons (Fsp3) is 0.400. The molecule has 0 aromatic heterocycles. The van der Waals surface area contributed by atoms with Gasteiger partial charge in [0.1, 0.15) is 5.75 Å². The van der Waals surface area contributed by atoms with Gasteiger partial charge >= 0.3 is 0 Å². The van der Waals surface area contributed by atoms with Crippen molar-refractivity contribution >= 4 is 24.9 Å². The monoisotopic (exact) mass is 262 g/mol. The van der Waals surface area contributed by atoms with Crippen molar-refractivity contribution in [2.45, 2.75) is 0 Å². The molecule has 0 heterocycles. The summed E-state index contributed by atoms with van der Waals surface area (Å²) in [6.07, 6.45) is 1.18. The van der Waals surface area contributed by atoms with Gasteiger partial charge in [0.2, 0.25) is 0 Å². The van der Waals surface area contributed by atoms with Gasteiger partial charge in [0.15, 0.2) is 0 Å². The van der Waals surface area contributed by atoms with Crippen LogP contribution in [0.2, 0.25) is 0 Å². The minimum absolute atomic E-state index is 0. The van der Waals surface area contributed by atoms with Crippen LogP contribution in [0.15, 0.2) is 30.3 Å². The second kappa shape index (κ2) is 7.34. The van der Waals surface area contributed by atoms with E-state index in [1.54, 1.807) is 0 Å².